The molecule has 3 rings (SSSR count). The number of urea groups is 1. The molecule has 1 heterocycles. The molecular weight excluding hydrogens is 342 g/mol. The normalized spacial score (nSPS) is 15.0. The van der Waals surface area contributed by atoms with Crippen LogP contribution in [0.5, 0.6) is 0 Å². The fourth-order valence-electron chi connectivity index (χ4n) is 3.53. The molecule has 0 radical (unpaired) electrons. The van der Waals surface area contributed by atoms with Crippen LogP contribution in [0.3, 0.4) is 0 Å². The predicted octanol–water partition coefficient (Wildman–Crippen LogP) is 5.45. The zero-order valence-electron chi connectivity index (χ0n) is 16.2. The topological polar surface area (TPSA) is 75.5 Å². The van der Waals surface area contributed by atoms with Crippen LogP contribution < -0.4 is 10.2 Å². The van der Waals surface area contributed by atoms with Crippen LogP contribution in [-0.2, 0) is 0 Å². The van der Waals surface area contributed by atoms with Gasteiger partial charge in [-0.3, -0.25) is 15.0 Å². The summed E-state index contributed by atoms with van der Waals surface area (Å²) in [6.07, 6.45) is 2.07. The fraction of sp³-hybridized carbons (Fsp3) is 0.286. The number of fused-ring (bicyclic) bond motifs is 1. The number of nitro benzene ring substituents is 1. The molecule has 0 spiro atoms. The van der Waals surface area contributed by atoms with Gasteiger partial charge in [0, 0.05) is 23.4 Å². The van der Waals surface area contributed by atoms with E-state index in [2.05, 4.69) is 24.4 Å². The number of rotatable bonds is 2. The van der Waals surface area contributed by atoms with Gasteiger partial charge in [0.25, 0.3) is 5.69 Å². The van der Waals surface area contributed by atoms with Gasteiger partial charge in [-0.05, 0) is 69.5 Å². The van der Waals surface area contributed by atoms with Gasteiger partial charge in [-0.2, -0.15) is 0 Å². The molecule has 1 N–H and O–H groups in total. The number of nitrogens with one attached hydrogen (secondary N) is 1. The van der Waals surface area contributed by atoms with Crippen LogP contribution in [0.4, 0.5) is 21.9 Å². The minimum atomic E-state index is -0.538. The highest BCUT2D eigenvalue weighted by molar-refractivity contribution is 6.06. The molecule has 1 aliphatic heterocycles. The zero-order valence-corrected chi connectivity index (χ0v) is 16.2. The van der Waals surface area contributed by atoms with E-state index in [-0.39, 0.29) is 11.7 Å². The second kappa shape index (κ2) is 6.54. The van der Waals surface area contributed by atoms with Crippen LogP contribution >= 0.6 is 0 Å². The van der Waals surface area contributed by atoms with Crippen LogP contribution in [0.25, 0.3) is 5.57 Å². The van der Waals surface area contributed by atoms with Gasteiger partial charge in [0.1, 0.15) is 0 Å². The SMILES string of the molecule is CC1=CC(C)(C)N(C(=O)Nc2cccc([N+](=O)[O-])c2)c2cc(C)c(C)cc21. The number of nitro groups is 1. The Morgan fingerprint density at radius 2 is 1.78 bits per heavy atom. The summed E-state index contributed by atoms with van der Waals surface area (Å²) in [4.78, 5) is 25.4. The van der Waals surface area contributed by atoms with Crippen molar-refractivity contribution < 1.29 is 9.72 Å². The third-order valence-corrected chi connectivity index (χ3v) is 4.94. The monoisotopic (exact) mass is 365 g/mol. The summed E-state index contributed by atoms with van der Waals surface area (Å²) < 4.78 is 0. The summed E-state index contributed by atoms with van der Waals surface area (Å²) >= 11 is 0. The number of carbonyl (C=O) groups is 1. The highest BCUT2D eigenvalue weighted by Gasteiger charge is 2.36. The lowest BCUT2D eigenvalue weighted by Gasteiger charge is -2.41. The molecular formula is C21H23N3O3. The molecule has 27 heavy (non-hydrogen) atoms. The average Bonchev–Trinajstić information content (AvgIpc) is 2.56. The number of hydrogen-bond acceptors (Lipinski definition) is 3. The third kappa shape index (κ3) is 3.43. The molecule has 2 aromatic carbocycles. The molecule has 0 bridgehead atoms. The maximum absolute atomic E-state index is 13.1. The molecule has 0 atom stereocenters. The van der Waals surface area contributed by atoms with Gasteiger partial charge in [0.2, 0.25) is 0 Å². The number of benzene rings is 2. The van der Waals surface area contributed by atoms with E-state index >= 15 is 0 Å². The highest BCUT2D eigenvalue weighted by Crippen LogP contribution is 2.40. The minimum Gasteiger partial charge on any atom is -0.307 e. The standard InChI is InChI=1S/C21H23N3O3/c1-13-9-18-15(3)12-21(4,5)23(19(18)10-14(13)2)20(25)22-16-7-6-8-17(11-16)24(26)27/h6-12H,1-5H3,(H,22,25). The number of carbonyl (C=O) groups excluding carboxylic acids is 1. The number of hydrogen-bond donors (Lipinski definition) is 1. The maximum Gasteiger partial charge on any atom is 0.327 e. The first-order valence-corrected chi connectivity index (χ1v) is 8.77. The molecule has 140 valence electrons. The molecule has 0 unspecified atom stereocenters. The first-order chi connectivity index (χ1) is 12.6. The van der Waals surface area contributed by atoms with Gasteiger partial charge in [0.15, 0.2) is 0 Å². The maximum atomic E-state index is 13.1. The van der Waals surface area contributed by atoms with E-state index in [0.717, 1.165) is 22.4 Å². The van der Waals surface area contributed by atoms with Crippen molar-refractivity contribution >= 4 is 28.7 Å². The second-order valence-corrected chi connectivity index (χ2v) is 7.51. The van der Waals surface area contributed by atoms with E-state index < -0.39 is 10.5 Å². The Balaban J connectivity index is 2.02. The number of aryl methyl sites for hydroxylation is 2. The smallest absolute Gasteiger partial charge is 0.307 e. The number of anilines is 2. The van der Waals surface area contributed by atoms with Gasteiger partial charge in [-0.1, -0.05) is 12.1 Å². The molecule has 6 nitrogen and oxygen atoms in total. The predicted molar refractivity (Wildman–Crippen MR) is 108 cm³/mol. The summed E-state index contributed by atoms with van der Waals surface area (Å²) in [5.74, 6) is 0. The van der Waals surface area contributed by atoms with Gasteiger partial charge >= 0.3 is 6.03 Å². The summed E-state index contributed by atoms with van der Waals surface area (Å²) in [6, 6.07) is 9.75. The van der Waals surface area contributed by atoms with Gasteiger partial charge in [-0.25, -0.2) is 4.79 Å². The van der Waals surface area contributed by atoms with Crippen molar-refractivity contribution in [2.45, 2.75) is 40.2 Å². The second-order valence-electron chi connectivity index (χ2n) is 7.51. The lowest BCUT2D eigenvalue weighted by atomic mass is 9.87. The van der Waals surface area contributed by atoms with Crippen molar-refractivity contribution in [1.82, 2.24) is 0 Å². The van der Waals surface area contributed by atoms with E-state index in [1.165, 1.54) is 17.7 Å². The van der Waals surface area contributed by atoms with Crippen molar-refractivity contribution in [2.75, 3.05) is 10.2 Å². The Morgan fingerprint density at radius 1 is 1.11 bits per heavy atom. The summed E-state index contributed by atoms with van der Waals surface area (Å²) in [7, 11) is 0. The fourth-order valence-corrected chi connectivity index (χ4v) is 3.53. The van der Waals surface area contributed by atoms with E-state index in [4.69, 9.17) is 0 Å². The van der Waals surface area contributed by atoms with Crippen molar-refractivity contribution in [2.24, 2.45) is 0 Å². The first-order valence-electron chi connectivity index (χ1n) is 8.77. The zero-order chi connectivity index (χ0) is 19.9. The van der Waals surface area contributed by atoms with E-state index in [0.29, 0.717) is 5.69 Å². The molecule has 2 amide bonds. The Labute approximate surface area is 158 Å². The highest BCUT2D eigenvalue weighted by atomic mass is 16.6. The van der Waals surface area contributed by atoms with Crippen LogP contribution in [0, 0.1) is 24.0 Å². The number of allylic oxidation sites excluding steroid dienone is 1. The minimum absolute atomic E-state index is 0.0617. The van der Waals surface area contributed by atoms with Gasteiger partial charge < -0.3 is 5.32 Å². The number of amides is 2. The van der Waals surface area contributed by atoms with E-state index in [1.54, 1.807) is 17.0 Å². The Kier molecular flexibility index (Phi) is 4.51. The molecule has 0 fully saturated rings. The Bertz CT molecular complexity index is 977. The van der Waals surface area contributed by atoms with Crippen LogP contribution in [-0.4, -0.2) is 16.5 Å². The third-order valence-electron chi connectivity index (χ3n) is 4.94. The summed E-state index contributed by atoms with van der Waals surface area (Å²) in [5, 5.41) is 13.8. The van der Waals surface area contributed by atoms with Crippen molar-refractivity contribution in [3.8, 4) is 0 Å². The number of non-ortho nitro benzene ring substituents is 1. The van der Waals surface area contributed by atoms with Crippen molar-refractivity contribution in [1.29, 1.82) is 0 Å². The van der Waals surface area contributed by atoms with Crippen LogP contribution in [0.1, 0.15) is 37.5 Å². The largest absolute Gasteiger partial charge is 0.327 e. The summed E-state index contributed by atoms with van der Waals surface area (Å²) in [6.45, 7) is 10.1. The first kappa shape index (κ1) is 18.6. The van der Waals surface area contributed by atoms with Crippen LogP contribution in [0.15, 0.2) is 42.5 Å². The molecule has 0 aromatic heterocycles. The molecule has 0 aliphatic carbocycles. The Morgan fingerprint density at radius 3 is 2.44 bits per heavy atom. The molecule has 1 aliphatic rings. The Hall–Kier alpha value is -3.15. The molecule has 0 saturated heterocycles. The van der Waals surface area contributed by atoms with Gasteiger partial charge in [-0.15, -0.1) is 0 Å². The van der Waals surface area contributed by atoms with Crippen LogP contribution in [0.2, 0.25) is 0 Å². The summed E-state index contributed by atoms with van der Waals surface area (Å²) in [5.41, 5.74) is 5.04. The van der Waals surface area contributed by atoms with E-state index in [1.807, 2.05) is 33.8 Å². The average molecular weight is 365 g/mol. The number of nitrogens with zero attached hydrogens (tertiary/aromatic N) is 2. The quantitative estimate of drug-likeness (QED) is 0.568. The molecule has 2 aromatic rings. The van der Waals surface area contributed by atoms with Crippen molar-refractivity contribution in [3.05, 3.63) is 69.3 Å². The van der Waals surface area contributed by atoms with E-state index in [9.17, 15) is 14.9 Å². The molecule has 6 heteroatoms. The lowest BCUT2D eigenvalue weighted by molar-refractivity contribution is -0.384. The lowest BCUT2D eigenvalue weighted by Crippen LogP contribution is -2.50. The van der Waals surface area contributed by atoms with Crippen molar-refractivity contribution in [3.63, 3.8) is 0 Å². The van der Waals surface area contributed by atoms with Gasteiger partial charge in [0.05, 0.1) is 16.1 Å². The molecule has 0 saturated carbocycles.